The summed E-state index contributed by atoms with van der Waals surface area (Å²) in [6.45, 7) is 1.71. The van der Waals surface area contributed by atoms with Crippen molar-refractivity contribution in [2.24, 2.45) is 0 Å². The normalized spacial score (nSPS) is 13.4. The van der Waals surface area contributed by atoms with Crippen LogP contribution < -0.4 is 0 Å². The molecule has 58 valence electrons. The minimum Gasteiger partial charge on any atom is -0.481 e. The summed E-state index contributed by atoms with van der Waals surface area (Å²) in [5.41, 5.74) is 0.870. The Bertz CT molecular complexity index is 258. The summed E-state index contributed by atoms with van der Waals surface area (Å²) in [5.74, 6) is -0.884. The largest absolute Gasteiger partial charge is 0.481 e. The molecule has 0 aliphatic rings. The fourth-order valence-corrected chi connectivity index (χ4v) is 0.878. The van der Waals surface area contributed by atoms with Gasteiger partial charge >= 0.3 is 5.97 Å². The molecule has 2 nitrogen and oxygen atoms in total. The maximum Gasteiger partial charge on any atom is 0.310 e. The van der Waals surface area contributed by atoms with Gasteiger partial charge in [0, 0.05) is 0 Å². The van der Waals surface area contributed by atoms with E-state index in [1.54, 1.807) is 6.92 Å². The first kappa shape index (κ1) is 6.40. The maximum atomic E-state index is 10.9. The van der Waals surface area contributed by atoms with Crippen molar-refractivity contribution in [3.05, 3.63) is 35.9 Å². The minimum atomic E-state index is -0.527. The molecule has 0 fully saturated rings. The smallest absolute Gasteiger partial charge is 0.310 e. The zero-order valence-electron chi connectivity index (χ0n) is 7.28. The van der Waals surface area contributed by atoms with E-state index in [1.165, 1.54) is 0 Å². The first-order chi connectivity index (χ1) is 5.75. The Labute approximate surface area is 67.0 Å². The standard InChI is InChI=1S/C9H10O2/c1-7(9(10)11)8-5-3-2-4-6-8/h2-7H,1H3,(H,10,11)/i/hD. The van der Waals surface area contributed by atoms with Gasteiger partial charge in [0.1, 0.15) is 0 Å². The van der Waals surface area contributed by atoms with Gasteiger partial charge < -0.3 is 5.11 Å². The molecule has 1 rings (SSSR count). The van der Waals surface area contributed by atoms with Crippen LogP contribution in [0, 0.1) is 0 Å². The van der Waals surface area contributed by atoms with E-state index in [4.69, 9.17) is 1.43 Å². The molecule has 1 N–H and O–H groups in total. The Morgan fingerprint density at radius 2 is 2.18 bits per heavy atom. The Morgan fingerprint density at radius 3 is 2.73 bits per heavy atom. The minimum absolute atomic E-state index is 0.358. The molecule has 1 aromatic carbocycles. The molecule has 0 aliphatic heterocycles. The van der Waals surface area contributed by atoms with Gasteiger partial charge in [0.15, 0.2) is 0 Å². The summed E-state index contributed by atoms with van der Waals surface area (Å²) in [5, 5.41) is 3.88. The van der Waals surface area contributed by atoms with Crippen molar-refractivity contribution in [2.45, 2.75) is 12.8 Å². The van der Waals surface area contributed by atoms with Crippen LogP contribution in [0.2, 0.25) is 0 Å². The molecule has 0 saturated heterocycles. The molecular weight excluding hydrogens is 140 g/mol. The fourth-order valence-electron chi connectivity index (χ4n) is 0.878. The van der Waals surface area contributed by atoms with Crippen LogP contribution in [-0.4, -0.2) is 11.1 Å². The third-order valence-electron chi connectivity index (χ3n) is 1.65. The predicted octanol–water partition coefficient (Wildman–Crippen LogP) is 1.87. The molecule has 1 unspecified atom stereocenters. The van der Waals surface area contributed by atoms with Crippen molar-refractivity contribution in [3.8, 4) is 0 Å². The van der Waals surface area contributed by atoms with Gasteiger partial charge in [0.2, 0.25) is 0 Å². The lowest BCUT2D eigenvalue weighted by molar-refractivity contribution is -0.138. The van der Waals surface area contributed by atoms with Gasteiger partial charge in [-0.25, -0.2) is 0 Å². The molecule has 0 heterocycles. The van der Waals surface area contributed by atoms with Crippen LogP contribution in [0.25, 0.3) is 1.43 Å². The van der Waals surface area contributed by atoms with Crippen LogP contribution in [-0.2, 0) is 4.79 Å². The van der Waals surface area contributed by atoms with Gasteiger partial charge in [-0.3, -0.25) is 4.79 Å². The summed E-state index contributed by atoms with van der Waals surface area (Å²) in [7, 11) is 0. The summed E-state index contributed by atoms with van der Waals surface area (Å²) in [6, 6.07) is 9.25. The van der Waals surface area contributed by atoms with Gasteiger partial charge in [-0.2, -0.15) is 0 Å². The quantitative estimate of drug-likeness (QED) is 0.700. The average Bonchev–Trinajstić information content (AvgIpc) is 2.17. The van der Waals surface area contributed by atoms with E-state index in [2.05, 4.69) is 5.11 Å². The Morgan fingerprint density at radius 1 is 1.55 bits per heavy atom. The molecule has 11 heavy (non-hydrogen) atoms. The molecule has 0 spiro atoms. The van der Waals surface area contributed by atoms with Gasteiger partial charge in [0.25, 0.3) is 1.43 Å². The van der Waals surface area contributed by atoms with E-state index in [0.29, 0.717) is 0 Å². The summed E-state index contributed by atoms with van der Waals surface area (Å²) >= 11 is 0. The van der Waals surface area contributed by atoms with Crippen molar-refractivity contribution >= 4 is 5.97 Å². The molecule has 1 aromatic rings. The van der Waals surface area contributed by atoms with Crippen LogP contribution in [0.3, 0.4) is 0 Å². The Hall–Kier alpha value is -1.31. The van der Waals surface area contributed by atoms with Crippen molar-refractivity contribution in [2.75, 3.05) is 0 Å². The lowest BCUT2D eigenvalue weighted by Gasteiger charge is -2.04. The molecule has 0 amide bonds. The number of carboxylic acid groups (broad SMARTS) is 1. The topological polar surface area (TPSA) is 37.3 Å². The number of benzene rings is 1. The van der Waals surface area contributed by atoms with E-state index in [1.807, 2.05) is 30.3 Å². The van der Waals surface area contributed by atoms with Gasteiger partial charge in [-0.1, -0.05) is 30.3 Å². The van der Waals surface area contributed by atoms with Crippen LogP contribution in [0.4, 0.5) is 0 Å². The van der Waals surface area contributed by atoms with Crippen LogP contribution in [0.15, 0.2) is 30.3 Å². The zero-order valence-corrected chi connectivity index (χ0v) is 6.28. The van der Waals surface area contributed by atoms with Crippen LogP contribution in [0.1, 0.15) is 18.4 Å². The van der Waals surface area contributed by atoms with E-state index >= 15 is 0 Å². The van der Waals surface area contributed by atoms with Crippen LogP contribution in [0.5, 0.6) is 0 Å². The van der Waals surface area contributed by atoms with E-state index in [9.17, 15) is 4.79 Å². The van der Waals surface area contributed by atoms with Crippen molar-refractivity contribution < 1.29 is 9.90 Å². The second-order valence-corrected chi connectivity index (χ2v) is 2.45. The van der Waals surface area contributed by atoms with Crippen LogP contribution >= 0.6 is 0 Å². The molecule has 0 saturated carbocycles. The third-order valence-corrected chi connectivity index (χ3v) is 1.65. The molecule has 0 bridgehead atoms. The van der Waals surface area contributed by atoms with Gasteiger partial charge in [-0.15, -0.1) is 0 Å². The summed E-state index contributed by atoms with van der Waals surface area (Å²) in [4.78, 5) is 10.9. The lowest BCUT2D eigenvalue weighted by Crippen LogP contribution is -2.06. The van der Waals surface area contributed by atoms with Gasteiger partial charge in [0.05, 0.1) is 5.92 Å². The highest BCUT2D eigenvalue weighted by Gasteiger charge is 2.11. The molecule has 2 heteroatoms. The highest BCUT2D eigenvalue weighted by Crippen LogP contribution is 2.13. The third kappa shape index (κ3) is 1.80. The van der Waals surface area contributed by atoms with E-state index < -0.39 is 5.97 Å². The second-order valence-electron chi connectivity index (χ2n) is 2.45. The Balaban J connectivity index is 2.78. The SMILES string of the molecule is [2H]OC(=O)C(C)c1ccccc1. The first-order valence-corrected chi connectivity index (χ1v) is 3.47. The van der Waals surface area contributed by atoms with E-state index in [-0.39, 0.29) is 5.92 Å². The molecule has 0 aromatic heterocycles. The van der Waals surface area contributed by atoms with Crippen molar-refractivity contribution in [1.82, 2.24) is 0 Å². The number of hydrogen-bond donors (Lipinski definition) is 1. The number of rotatable bonds is 2. The highest BCUT2D eigenvalue weighted by atomic mass is 16.4. The average molecular weight is 151 g/mol. The van der Waals surface area contributed by atoms with E-state index in [0.717, 1.165) is 5.56 Å². The summed E-state index contributed by atoms with van der Waals surface area (Å²) in [6.07, 6.45) is 0. The Kier molecular flexibility index (Phi) is 1.86. The number of hydrogen-bond acceptors (Lipinski definition) is 2. The lowest BCUT2D eigenvalue weighted by atomic mass is 10.0. The van der Waals surface area contributed by atoms with Gasteiger partial charge in [-0.05, 0) is 12.5 Å². The highest BCUT2D eigenvalue weighted by molar-refractivity contribution is 5.75. The number of carbonyl (C=O) groups is 1. The predicted molar refractivity (Wildman–Crippen MR) is 42.5 cm³/mol. The number of carboxylic acids is 1. The number of aliphatic carboxylic acids is 1. The molecule has 0 aliphatic carbocycles. The maximum absolute atomic E-state index is 10.9. The van der Waals surface area contributed by atoms with Crippen molar-refractivity contribution in [3.63, 3.8) is 0 Å². The second kappa shape index (κ2) is 3.19. The summed E-state index contributed by atoms with van der Waals surface area (Å²) < 4.78 is 6.44. The molecule has 0 radical (unpaired) electrons. The first-order valence-electron chi connectivity index (χ1n) is 3.88. The van der Waals surface area contributed by atoms with Crippen molar-refractivity contribution in [1.29, 1.82) is 1.43 Å². The zero-order chi connectivity index (χ0) is 8.97. The molecular formula is C9H10O2. The molecule has 1 atom stereocenters. The fraction of sp³-hybridized carbons (Fsp3) is 0.222. The monoisotopic (exact) mass is 151 g/mol.